The van der Waals surface area contributed by atoms with Gasteiger partial charge in [0.25, 0.3) is 5.97 Å². The van der Waals surface area contributed by atoms with Crippen molar-refractivity contribution < 1.29 is 34.8 Å². The first-order chi connectivity index (χ1) is 2.73. The van der Waals surface area contributed by atoms with Gasteiger partial charge in [-0.15, -0.1) is 0 Å². The normalized spacial score (nSPS) is 5.33. The zero-order chi connectivity index (χ0) is 5.58. The summed E-state index contributed by atoms with van der Waals surface area (Å²) in [7, 11) is 4.83. The molecule has 0 aliphatic heterocycles. The van der Waals surface area contributed by atoms with Gasteiger partial charge in [-0.25, -0.2) is 0 Å². The van der Waals surface area contributed by atoms with Gasteiger partial charge in [0.1, 0.15) is 0 Å². The van der Waals surface area contributed by atoms with Crippen molar-refractivity contribution in [1.29, 1.82) is 0 Å². The van der Waals surface area contributed by atoms with Crippen molar-refractivity contribution in [3.8, 4) is 0 Å². The standard InChI is InChI=1S/C2H4O2.ClH.Hg/c1-2(3)4;;/h1H3,(H,3,4);1H;/q;;+1/p-1. The van der Waals surface area contributed by atoms with Crippen LogP contribution in [0.2, 0.25) is 0 Å². The summed E-state index contributed by atoms with van der Waals surface area (Å²) in [6.45, 7) is 1.08. The van der Waals surface area contributed by atoms with Crippen LogP contribution >= 0.6 is 8.25 Å². The Morgan fingerprint density at radius 3 is 1.83 bits per heavy atom. The van der Waals surface area contributed by atoms with Gasteiger partial charge in [0, 0.05) is 6.92 Å². The summed E-state index contributed by atoms with van der Waals surface area (Å²) in [6, 6.07) is 0. The summed E-state index contributed by atoms with van der Waals surface area (Å²) in [4.78, 5) is 9.00. The number of aliphatic carboxylic acids is 1. The van der Waals surface area contributed by atoms with E-state index < -0.39 is 5.97 Å². The van der Waals surface area contributed by atoms with Gasteiger partial charge in [-0.1, -0.05) is 0 Å². The van der Waals surface area contributed by atoms with Crippen LogP contribution in [0.1, 0.15) is 6.92 Å². The Kier molecular flexibility index (Phi) is 15.1. The van der Waals surface area contributed by atoms with Crippen molar-refractivity contribution in [1.82, 2.24) is 0 Å². The molecular weight excluding hydrogens is 292 g/mol. The van der Waals surface area contributed by atoms with E-state index in [-0.39, 0.29) is 0 Å². The fourth-order valence-electron chi connectivity index (χ4n) is 0. The monoisotopic (exact) mass is 297 g/mol. The summed E-state index contributed by atoms with van der Waals surface area (Å²) >= 11 is 0.500. The van der Waals surface area contributed by atoms with E-state index in [0.717, 1.165) is 6.92 Å². The Hall–Kier alpha value is 0.695. The SMILES string of the molecule is CC(=O)O.[Cl][Hg]. The van der Waals surface area contributed by atoms with Crippen LogP contribution in [-0.4, -0.2) is 11.1 Å². The van der Waals surface area contributed by atoms with E-state index in [4.69, 9.17) is 18.2 Å². The van der Waals surface area contributed by atoms with Gasteiger partial charge in [0.2, 0.25) is 0 Å². The number of carboxylic acids is 1. The molecule has 6 heavy (non-hydrogen) atoms. The summed E-state index contributed by atoms with van der Waals surface area (Å²) in [5, 5.41) is 7.42. The van der Waals surface area contributed by atoms with Crippen LogP contribution < -0.4 is 0 Å². The molecule has 0 atom stereocenters. The van der Waals surface area contributed by atoms with Crippen molar-refractivity contribution in [3.63, 3.8) is 0 Å². The number of rotatable bonds is 0. The van der Waals surface area contributed by atoms with E-state index in [2.05, 4.69) is 0 Å². The molecule has 0 aromatic heterocycles. The molecule has 0 aromatic rings. The first kappa shape index (κ1) is 9.85. The van der Waals surface area contributed by atoms with E-state index in [1.807, 2.05) is 0 Å². The second-order valence-corrected chi connectivity index (χ2v) is 0.519. The predicted octanol–water partition coefficient (Wildman–Crippen LogP) is 0.778. The van der Waals surface area contributed by atoms with Gasteiger partial charge in [-0.05, 0) is 0 Å². The third kappa shape index (κ3) is 133. The molecule has 0 aliphatic rings. The first-order valence-corrected chi connectivity index (χ1v) is 7.96. The Balaban J connectivity index is 0. The topological polar surface area (TPSA) is 37.3 Å². The molecule has 33 valence electrons. The van der Waals surface area contributed by atoms with Crippen molar-refractivity contribution in [2.45, 2.75) is 6.92 Å². The zero-order valence-corrected chi connectivity index (χ0v) is 9.69. The molecule has 0 aliphatic carbocycles. The maximum atomic E-state index is 9.00. The summed E-state index contributed by atoms with van der Waals surface area (Å²) in [5.74, 6) is -0.833. The van der Waals surface area contributed by atoms with Crippen LogP contribution in [0.5, 0.6) is 0 Å². The van der Waals surface area contributed by atoms with Crippen molar-refractivity contribution in [2.75, 3.05) is 0 Å². The quantitative estimate of drug-likeness (QED) is 0.671. The van der Waals surface area contributed by atoms with Gasteiger partial charge in [-0.3, -0.25) is 4.79 Å². The fourth-order valence-corrected chi connectivity index (χ4v) is 0. The molecule has 0 rings (SSSR count). The minimum atomic E-state index is -0.833. The molecule has 0 aromatic carbocycles. The average Bonchev–Trinajstić information content (AvgIpc) is 1.41. The Morgan fingerprint density at radius 2 is 1.83 bits per heavy atom. The van der Waals surface area contributed by atoms with Crippen LogP contribution in [0.3, 0.4) is 0 Å². The minimum absolute atomic E-state index is 0.500. The molecule has 0 amide bonds. The van der Waals surface area contributed by atoms with Crippen LogP contribution in [0.15, 0.2) is 0 Å². The predicted molar refractivity (Wildman–Crippen MR) is 19.2 cm³/mol. The Morgan fingerprint density at radius 1 is 1.83 bits per heavy atom. The summed E-state index contributed by atoms with van der Waals surface area (Å²) in [6.07, 6.45) is 0. The van der Waals surface area contributed by atoms with Crippen molar-refractivity contribution in [3.05, 3.63) is 0 Å². The van der Waals surface area contributed by atoms with Crippen LogP contribution in [0, 0.1) is 0 Å². The molecule has 0 saturated heterocycles. The zero-order valence-electron chi connectivity index (χ0n) is 3.44. The van der Waals surface area contributed by atoms with E-state index in [1.54, 1.807) is 0 Å². The van der Waals surface area contributed by atoms with Gasteiger partial charge < -0.3 is 5.11 Å². The first-order valence-electron chi connectivity index (χ1n) is 1.19. The molecule has 0 radical (unpaired) electrons. The molecule has 2 nitrogen and oxygen atoms in total. The van der Waals surface area contributed by atoms with Crippen LogP contribution in [0.25, 0.3) is 0 Å². The summed E-state index contributed by atoms with van der Waals surface area (Å²) < 4.78 is 0. The molecule has 0 bridgehead atoms. The fraction of sp³-hybridized carbons (Fsp3) is 0.500. The summed E-state index contributed by atoms with van der Waals surface area (Å²) in [5.41, 5.74) is 0. The average molecular weight is 296 g/mol. The molecule has 0 fully saturated rings. The van der Waals surface area contributed by atoms with E-state index in [1.165, 1.54) is 0 Å². The van der Waals surface area contributed by atoms with Crippen LogP contribution in [0.4, 0.5) is 0 Å². The van der Waals surface area contributed by atoms with E-state index in [9.17, 15) is 0 Å². The van der Waals surface area contributed by atoms with E-state index in [0.29, 0.717) is 24.9 Å². The van der Waals surface area contributed by atoms with Gasteiger partial charge in [0.05, 0.1) is 0 Å². The number of carboxylic acid groups (broad SMARTS) is 1. The van der Waals surface area contributed by atoms with E-state index >= 15 is 0 Å². The molecule has 0 saturated carbocycles. The van der Waals surface area contributed by atoms with Gasteiger partial charge in [0.15, 0.2) is 0 Å². The van der Waals surface area contributed by atoms with Crippen LogP contribution in [-0.2, 0) is 29.7 Å². The molecule has 0 unspecified atom stereocenters. The Bertz CT molecular complexity index is 34.5. The maximum absolute atomic E-state index is 9.00. The van der Waals surface area contributed by atoms with Gasteiger partial charge >= 0.3 is 33.1 Å². The molecule has 1 N–H and O–H groups in total. The van der Waals surface area contributed by atoms with Crippen molar-refractivity contribution >= 4 is 14.2 Å². The van der Waals surface area contributed by atoms with Crippen molar-refractivity contribution in [2.24, 2.45) is 0 Å². The molecular formula is C2H4ClHgO2. The Labute approximate surface area is 55.9 Å². The number of hydrogen-bond acceptors (Lipinski definition) is 1. The number of halogens is 1. The molecule has 0 heterocycles. The second kappa shape index (κ2) is 9.19. The number of carbonyl (C=O) groups is 1. The molecule has 0 spiro atoms. The van der Waals surface area contributed by atoms with Gasteiger partial charge in [-0.2, -0.15) is 0 Å². The third-order valence-electron chi connectivity index (χ3n) is 0. The number of hydrogen-bond donors (Lipinski definition) is 1. The molecule has 4 heteroatoms. The third-order valence-corrected chi connectivity index (χ3v) is 0. The second-order valence-electron chi connectivity index (χ2n) is 0.519.